The topological polar surface area (TPSA) is 95.9 Å². The van der Waals surface area contributed by atoms with Crippen molar-refractivity contribution in [2.75, 3.05) is 23.9 Å². The van der Waals surface area contributed by atoms with Gasteiger partial charge in [-0.3, -0.25) is 9.59 Å². The number of nitrogens with one attached hydrogen (secondary N) is 1. The fourth-order valence-electron chi connectivity index (χ4n) is 1.71. The van der Waals surface area contributed by atoms with E-state index in [1.807, 2.05) is 0 Å². The smallest absolute Gasteiger partial charge is 0.394 e. The molecule has 2 rings (SSSR count). The number of carboxylic acids is 1. The number of aliphatic carboxylic acids is 1. The van der Waals surface area contributed by atoms with Crippen LogP contribution in [0.1, 0.15) is 6.42 Å². The molecule has 0 bridgehead atoms. The van der Waals surface area contributed by atoms with Crippen molar-refractivity contribution in [3.05, 3.63) is 18.2 Å². The van der Waals surface area contributed by atoms with Gasteiger partial charge in [0.1, 0.15) is 5.75 Å². The molecule has 0 spiro atoms. The van der Waals surface area contributed by atoms with Crippen molar-refractivity contribution >= 4 is 29.2 Å². The van der Waals surface area contributed by atoms with Crippen LogP contribution in [0.2, 0.25) is 0 Å². The minimum Gasteiger partial charge on any atom is -0.491 e. The normalized spacial score (nSPS) is 14.2. The zero-order chi connectivity index (χ0) is 14.0. The number of nitrogens with zero attached hydrogens (tertiary/aromatic N) is 1. The molecule has 0 radical (unpaired) electrons. The van der Waals surface area contributed by atoms with Gasteiger partial charge in [0.05, 0.1) is 18.7 Å². The molecule has 0 aliphatic carbocycles. The summed E-state index contributed by atoms with van der Waals surface area (Å²) in [7, 11) is 1.60. The van der Waals surface area contributed by atoms with Gasteiger partial charge in [0.15, 0.2) is 0 Å². The Morgan fingerprint density at radius 2 is 2.16 bits per heavy atom. The fraction of sp³-hybridized carbons (Fsp3) is 0.250. The van der Waals surface area contributed by atoms with E-state index in [1.165, 1.54) is 17.0 Å². The average molecular weight is 264 g/mol. The summed E-state index contributed by atoms with van der Waals surface area (Å²) in [6, 6.07) is 4.60. The van der Waals surface area contributed by atoms with E-state index < -0.39 is 11.9 Å². The van der Waals surface area contributed by atoms with Gasteiger partial charge in [-0.2, -0.15) is 0 Å². The first-order chi connectivity index (χ1) is 8.99. The van der Waals surface area contributed by atoms with Crippen LogP contribution in [-0.2, 0) is 14.4 Å². The summed E-state index contributed by atoms with van der Waals surface area (Å²) in [6.07, 6.45) is 0.266. The Balaban J connectivity index is 2.31. The molecular formula is C12H12N2O5. The zero-order valence-electron chi connectivity index (χ0n) is 10.2. The quantitative estimate of drug-likeness (QED) is 0.718. The molecule has 1 aromatic rings. The first kappa shape index (κ1) is 12.9. The minimum atomic E-state index is -1.57. The van der Waals surface area contributed by atoms with E-state index in [4.69, 9.17) is 9.84 Å². The highest BCUT2D eigenvalue weighted by atomic mass is 16.5. The van der Waals surface area contributed by atoms with Crippen LogP contribution in [-0.4, -0.2) is 36.5 Å². The molecule has 1 aliphatic rings. The second-order valence-corrected chi connectivity index (χ2v) is 3.99. The summed E-state index contributed by atoms with van der Waals surface area (Å²) >= 11 is 0. The second kappa shape index (κ2) is 4.97. The van der Waals surface area contributed by atoms with Crippen molar-refractivity contribution in [2.45, 2.75) is 6.42 Å². The van der Waals surface area contributed by atoms with Crippen molar-refractivity contribution in [1.82, 2.24) is 0 Å². The number of carbonyl (C=O) groups excluding carboxylic acids is 2. The number of carbonyl (C=O) groups is 3. The minimum absolute atomic E-state index is 0.111. The third kappa shape index (κ3) is 2.65. The van der Waals surface area contributed by atoms with E-state index in [0.29, 0.717) is 11.4 Å². The molecule has 2 N–H and O–H groups in total. The Labute approximate surface area is 108 Å². The van der Waals surface area contributed by atoms with E-state index in [9.17, 15) is 14.4 Å². The molecule has 7 nitrogen and oxygen atoms in total. The summed E-state index contributed by atoms with van der Waals surface area (Å²) in [5.41, 5.74) is 0.780. The van der Waals surface area contributed by atoms with Crippen molar-refractivity contribution in [3.8, 4) is 5.75 Å². The van der Waals surface area contributed by atoms with Crippen LogP contribution >= 0.6 is 0 Å². The molecule has 0 aromatic heterocycles. The van der Waals surface area contributed by atoms with Gasteiger partial charge >= 0.3 is 11.9 Å². The maximum Gasteiger partial charge on any atom is 0.394 e. The van der Waals surface area contributed by atoms with E-state index in [2.05, 4.69) is 5.32 Å². The van der Waals surface area contributed by atoms with Crippen molar-refractivity contribution < 1.29 is 24.2 Å². The van der Waals surface area contributed by atoms with Crippen LogP contribution in [0.5, 0.6) is 5.75 Å². The van der Waals surface area contributed by atoms with E-state index >= 15 is 0 Å². The standard InChI is InChI=1S/C12H12N2O5/c1-14-8-6-7(13-11(16)12(17)18)2-3-9(8)19-5-4-10(14)15/h2-3,6H,4-5H2,1H3,(H,13,16)(H,17,18). The monoisotopic (exact) mass is 264 g/mol. The van der Waals surface area contributed by atoms with Gasteiger partial charge < -0.3 is 20.1 Å². The largest absolute Gasteiger partial charge is 0.491 e. The van der Waals surface area contributed by atoms with Gasteiger partial charge in [-0.1, -0.05) is 0 Å². The fourth-order valence-corrected chi connectivity index (χ4v) is 1.71. The second-order valence-electron chi connectivity index (χ2n) is 3.99. The molecule has 100 valence electrons. The molecule has 7 heteroatoms. The number of hydrogen-bond donors (Lipinski definition) is 2. The molecule has 1 aromatic carbocycles. The summed E-state index contributed by atoms with van der Waals surface area (Å²) in [5.74, 6) is -2.30. The number of anilines is 2. The lowest BCUT2D eigenvalue weighted by molar-refractivity contribution is -0.147. The Morgan fingerprint density at radius 1 is 1.42 bits per heavy atom. The predicted molar refractivity (Wildman–Crippen MR) is 66.2 cm³/mol. The van der Waals surface area contributed by atoms with Gasteiger partial charge in [0.2, 0.25) is 5.91 Å². The van der Waals surface area contributed by atoms with Crippen LogP contribution in [0.15, 0.2) is 18.2 Å². The van der Waals surface area contributed by atoms with Gasteiger partial charge in [-0.25, -0.2) is 4.79 Å². The lowest BCUT2D eigenvalue weighted by Crippen LogP contribution is -2.25. The Kier molecular flexibility index (Phi) is 3.37. The van der Waals surface area contributed by atoms with Gasteiger partial charge in [0, 0.05) is 12.7 Å². The summed E-state index contributed by atoms with van der Waals surface area (Å²) in [6.45, 7) is 0.289. The molecule has 0 atom stereocenters. The summed E-state index contributed by atoms with van der Waals surface area (Å²) in [5, 5.41) is 10.7. The number of benzene rings is 1. The van der Waals surface area contributed by atoms with E-state index in [1.54, 1.807) is 13.1 Å². The van der Waals surface area contributed by atoms with Gasteiger partial charge in [0.25, 0.3) is 0 Å². The maximum absolute atomic E-state index is 11.7. The Hall–Kier alpha value is -2.57. The van der Waals surface area contributed by atoms with E-state index in [-0.39, 0.29) is 24.6 Å². The number of rotatable bonds is 1. The number of fused-ring (bicyclic) bond motifs is 1. The molecule has 0 saturated carbocycles. The highest BCUT2D eigenvalue weighted by molar-refractivity contribution is 6.36. The maximum atomic E-state index is 11.7. The van der Waals surface area contributed by atoms with Crippen molar-refractivity contribution in [2.24, 2.45) is 0 Å². The third-order valence-electron chi connectivity index (χ3n) is 2.72. The lowest BCUT2D eigenvalue weighted by atomic mass is 10.2. The molecule has 0 unspecified atom stereocenters. The highest BCUT2D eigenvalue weighted by Crippen LogP contribution is 2.33. The number of ether oxygens (including phenoxy) is 1. The van der Waals surface area contributed by atoms with Gasteiger partial charge in [-0.15, -0.1) is 0 Å². The van der Waals surface area contributed by atoms with Crippen LogP contribution in [0, 0.1) is 0 Å². The molecule has 1 aliphatic heterocycles. The van der Waals surface area contributed by atoms with Crippen LogP contribution in [0.3, 0.4) is 0 Å². The molecule has 1 heterocycles. The summed E-state index contributed by atoms with van der Waals surface area (Å²) < 4.78 is 5.41. The van der Waals surface area contributed by atoms with Crippen LogP contribution < -0.4 is 15.0 Å². The van der Waals surface area contributed by atoms with Gasteiger partial charge in [-0.05, 0) is 18.2 Å². The van der Waals surface area contributed by atoms with Crippen molar-refractivity contribution in [3.63, 3.8) is 0 Å². The zero-order valence-corrected chi connectivity index (χ0v) is 10.2. The van der Waals surface area contributed by atoms with Crippen LogP contribution in [0.25, 0.3) is 0 Å². The lowest BCUT2D eigenvalue weighted by Gasteiger charge is -2.17. The molecule has 19 heavy (non-hydrogen) atoms. The molecule has 2 amide bonds. The first-order valence-corrected chi connectivity index (χ1v) is 5.56. The molecule has 0 saturated heterocycles. The molecule has 0 fully saturated rings. The number of amides is 2. The number of carboxylic acid groups (broad SMARTS) is 1. The van der Waals surface area contributed by atoms with Crippen molar-refractivity contribution in [1.29, 1.82) is 0 Å². The molecular weight excluding hydrogens is 252 g/mol. The average Bonchev–Trinajstić information content (AvgIpc) is 2.51. The first-order valence-electron chi connectivity index (χ1n) is 5.56. The SMILES string of the molecule is CN1C(=O)CCOc2ccc(NC(=O)C(=O)O)cc21. The van der Waals surface area contributed by atoms with E-state index in [0.717, 1.165) is 0 Å². The van der Waals surface area contributed by atoms with Crippen LogP contribution in [0.4, 0.5) is 11.4 Å². The highest BCUT2D eigenvalue weighted by Gasteiger charge is 2.21. The Morgan fingerprint density at radius 3 is 2.84 bits per heavy atom. The third-order valence-corrected chi connectivity index (χ3v) is 2.72. The Bertz CT molecular complexity index is 555. The predicted octanol–water partition coefficient (Wildman–Crippen LogP) is 0.455. The number of hydrogen-bond acceptors (Lipinski definition) is 4. The summed E-state index contributed by atoms with van der Waals surface area (Å²) in [4.78, 5) is 34.6.